The fourth-order valence-electron chi connectivity index (χ4n) is 5.13. The van der Waals surface area contributed by atoms with E-state index >= 15 is 0 Å². The number of halogens is 4. The second-order valence-corrected chi connectivity index (χ2v) is 10.1. The van der Waals surface area contributed by atoms with E-state index in [2.05, 4.69) is 4.90 Å². The van der Waals surface area contributed by atoms with Gasteiger partial charge in [0.15, 0.2) is 0 Å². The lowest BCUT2D eigenvalue weighted by Crippen LogP contribution is -2.42. The summed E-state index contributed by atoms with van der Waals surface area (Å²) in [7, 11) is 1.60. The molecule has 38 heavy (non-hydrogen) atoms. The quantitative estimate of drug-likeness (QED) is 0.308. The highest BCUT2D eigenvalue weighted by Gasteiger charge is 2.38. The predicted octanol–water partition coefficient (Wildman–Crippen LogP) is 6.62. The summed E-state index contributed by atoms with van der Waals surface area (Å²) in [4.78, 5) is 17.3. The Balaban J connectivity index is 1.61. The topological polar surface area (TPSA) is 32.8 Å². The van der Waals surface area contributed by atoms with E-state index in [4.69, 9.17) is 4.74 Å². The van der Waals surface area contributed by atoms with Crippen LogP contribution in [0.3, 0.4) is 0 Å². The van der Waals surface area contributed by atoms with Gasteiger partial charge in [0.05, 0.1) is 12.7 Å². The number of hydrogen-bond donors (Lipinski definition) is 0. The number of likely N-dealkylation sites (tertiary alicyclic amines) is 1. The van der Waals surface area contributed by atoms with Crippen molar-refractivity contribution in [1.29, 1.82) is 0 Å². The molecule has 4 nitrogen and oxygen atoms in total. The molecule has 0 spiro atoms. The zero-order valence-corrected chi connectivity index (χ0v) is 21.7. The van der Waals surface area contributed by atoms with Gasteiger partial charge in [-0.15, -0.1) is 0 Å². The van der Waals surface area contributed by atoms with Gasteiger partial charge in [-0.3, -0.25) is 9.69 Å². The maximum atomic E-state index is 13.5. The van der Waals surface area contributed by atoms with Gasteiger partial charge in [0.25, 0.3) is 5.91 Å². The van der Waals surface area contributed by atoms with Gasteiger partial charge in [-0.05, 0) is 73.4 Å². The molecule has 1 amide bonds. The summed E-state index contributed by atoms with van der Waals surface area (Å²) < 4.78 is 59.2. The molecular formula is C30H32F4N2O2. The minimum atomic E-state index is -4.44. The number of ether oxygens (including phenoxy) is 1. The highest BCUT2D eigenvalue weighted by atomic mass is 19.4. The zero-order valence-electron chi connectivity index (χ0n) is 21.7. The standard InChI is InChI=1S/C30H32F4N2O2/c1-20(2)36(29(37)22-9-11-26(31)12-10-22)18-24-17-35(16-21-7-13-27(38-3)14-8-21)19-28(24)23-5-4-6-25(15-23)30(32,33)34/h4-15,20,24,28H,16-19H2,1-3H3/t24-,28+/m0/s1. The van der Waals surface area contributed by atoms with Crippen molar-refractivity contribution in [1.82, 2.24) is 9.80 Å². The molecule has 8 heteroatoms. The highest BCUT2D eigenvalue weighted by molar-refractivity contribution is 5.94. The molecule has 3 aromatic rings. The number of alkyl halides is 3. The first-order chi connectivity index (χ1) is 18.0. The largest absolute Gasteiger partial charge is 0.497 e. The Morgan fingerprint density at radius 2 is 1.71 bits per heavy atom. The lowest BCUT2D eigenvalue weighted by molar-refractivity contribution is -0.137. The summed E-state index contributed by atoms with van der Waals surface area (Å²) >= 11 is 0. The molecule has 0 N–H and O–H groups in total. The molecule has 2 atom stereocenters. The molecule has 0 radical (unpaired) electrons. The van der Waals surface area contributed by atoms with Crippen LogP contribution in [0, 0.1) is 11.7 Å². The molecule has 0 aromatic heterocycles. The maximum Gasteiger partial charge on any atom is 0.416 e. The van der Waals surface area contributed by atoms with E-state index < -0.39 is 17.6 Å². The molecule has 0 saturated carbocycles. The van der Waals surface area contributed by atoms with Gasteiger partial charge >= 0.3 is 6.18 Å². The number of rotatable bonds is 8. The fraction of sp³-hybridized carbons (Fsp3) is 0.367. The first-order valence-corrected chi connectivity index (χ1v) is 12.6. The van der Waals surface area contributed by atoms with Crippen LogP contribution >= 0.6 is 0 Å². The molecule has 4 rings (SSSR count). The molecule has 1 fully saturated rings. The van der Waals surface area contributed by atoms with Crippen LogP contribution in [0.4, 0.5) is 17.6 Å². The minimum Gasteiger partial charge on any atom is -0.497 e. The monoisotopic (exact) mass is 528 g/mol. The number of carbonyl (C=O) groups is 1. The molecule has 1 saturated heterocycles. The zero-order chi connectivity index (χ0) is 27.4. The van der Waals surface area contributed by atoms with E-state index in [0.29, 0.717) is 37.3 Å². The van der Waals surface area contributed by atoms with Crippen LogP contribution in [0.5, 0.6) is 5.75 Å². The van der Waals surface area contributed by atoms with Gasteiger partial charge in [0.2, 0.25) is 0 Å². The third kappa shape index (κ3) is 6.54. The van der Waals surface area contributed by atoms with Crippen molar-refractivity contribution in [3.63, 3.8) is 0 Å². The SMILES string of the molecule is COc1ccc(CN2C[C@@H](CN(C(=O)c3ccc(F)cc3)C(C)C)[C@@H](c3cccc(C(F)(F)F)c3)C2)cc1. The molecule has 0 unspecified atom stereocenters. The highest BCUT2D eigenvalue weighted by Crippen LogP contribution is 2.38. The van der Waals surface area contributed by atoms with Crippen LogP contribution in [-0.2, 0) is 12.7 Å². The van der Waals surface area contributed by atoms with Gasteiger partial charge in [0.1, 0.15) is 11.6 Å². The molecule has 0 aliphatic carbocycles. The smallest absolute Gasteiger partial charge is 0.416 e. The van der Waals surface area contributed by atoms with Crippen molar-refractivity contribution in [3.8, 4) is 5.75 Å². The summed E-state index contributed by atoms with van der Waals surface area (Å²) in [6.45, 7) is 5.99. The van der Waals surface area contributed by atoms with E-state index in [1.807, 2.05) is 38.1 Å². The Hall–Kier alpha value is -3.39. The predicted molar refractivity (Wildman–Crippen MR) is 139 cm³/mol. The van der Waals surface area contributed by atoms with Crippen LogP contribution in [-0.4, -0.2) is 48.5 Å². The lowest BCUT2D eigenvalue weighted by Gasteiger charge is -2.32. The summed E-state index contributed by atoms with van der Waals surface area (Å²) in [5.41, 5.74) is 1.38. The van der Waals surface area contributed by atoms with Gasteiger partial charge in [-0.25, -0.2) is 4.39 Å². The number of methoxy groups -OCH3 is 1. The summed E-state index contributed by atoms with van der Waals surface area (Å²) in [6, 6.07) is 18.5. The van der Waals surface area contributed by atoms with Crippen LogP contribution in [0.25, 0.3) is 0 Å². The van der Waals surface area contributed by atoms with Crippen LogP contribution < -0.4 is 4.74 Å². The van der Waals surface area contributed by atoms with Gasteiger partial charge < -0.3 is 9.64 Å². The third-order valence-corrected chi connectivity index (χ3v) is 7.13. The summed E-state index contributed by atoms with van der Waals surface area (Å²) in [5.74, 6) is -0.188. The Morgan fingerprint density at radius 1 is 1.03 bits per heavy atom. The molecule has 1 aliphatic heterocycles. The van der Waals surface area contributed by atoms with Crippen molar-refractivity contribution in [2.75, 3.05) is 26.7 Å². The molecule has 3 aromatic carbocycles. The Bertz CT molecular complexity index is 1230. The average molecular weight is 529 g/mol. The van der Waals surface area contributed by atoms with Crippen molar-refractivity contribution >= 4 is 5.91 Å². The van der Waals surface area contributed by atoms with Crippen LogP contribution in [0.15, 0.2) is 72.8 Å². The van der Waals surface area contributed by atoms with Gasteiger partial charge in [-0.2, -0.15) is 13.2 Å². The third-order valence-electron chi connectivity index (χ3n) is 7.13. The molecule has 1 heterocycles. The molecule has 1 aliphatic rings. The van der Waals surface area contributed by atoms with Crippen molar-refractivity contribution in [2.45, 2.75) is 38.5 Å². The number of carbonyl (C=O) groups excluding carboxylic acids is 1. The first kappa shape index (κ1) is 27.6. The Labute approximate surface area is 220 Å². The van der Waals surface area contributed by atoms with E-state index in [-0.39, 0.29) is 23.8 Å². The average Bonchev–Trinajstić information content (AvgIpc) is 3.29. The Kier molecular flexibility index (Phi) is 8.41. The normalized spacial score (nSPS) is 18.1. The number of nitrogens with zero attached hydrogens (tertiary/aromatic N) is 2. The van der Waals surface area contributed by atoms with Crippen LogP contribution in [0.2, 0.25) is 0 Å². The van der Waals surface area contributed by atoms with Crippen molar-refractivity contribution < 1.29 is 27.1 Å². The maximum absolute atomic E-state index is 13.5. The summed E-state index contributed by atoms with van der Waals surface area (Å²) in [5, 5.41) is 0. The minimum absolute atomic E-state index is 0.0940. The fourth-order valence-corrected chi connectivity index (χ4v) is 5.13. The van der Waals surface area contributed by atoms with E-state index in [9.17, 15) is 22.4 Å². The van der Waals surface area contributed by atoms with Crippen molar-refractivity contribution in [2.24, 2.45) is 5.92 Å². The lowest BCUT2D eigenvalue weighted by atomic mass is 9.87. The molecule has 0 bridgehead atoms. The second kappa shape index (κ2) is 11.6. The molecule has 202 valence electrons. The van der Waals surface area contributed by atoms with Crippen LogP contribution in [0.1, 0.15) is 46.8 Å². The van der Waals surface area contributed by atoms with E-state index in [0.717, 1.165) is 17.4 Å². The Morgan fingerprint density at radius 3 is 2.32 bits per heavy atom. The van der Waals surface area contributed by atoms with E-state index in [1.165, 1.54) is 36.4 Å². The van der Waals surface area contributed by atoms with E-state index in [1.54, 1.807) is 18.1 Å². The van der Waals surface area contributed by atoms with Crippen molar-refractivity contribution in [3.05, 3.63) is 101 Å². The number of benzene rings is 3. The first-order valence-electron chi connectivity index (χ1n) is 12.6. The van der Waals surface area contributed by atoms with Gasteiger partial charge in [0, 0.05) is 43.7 Å². The number of hydrogen-bond acceptors (Lipinski definition) is 3. The second-order valence-electron chi connectivity index (χ2n) is 10.1. The molecular weight excluding hydrogens is 496 g/mol. The van der Waals surface area contributed by atoms with Gasteiger partial charge in [-0.1, -0.05) is 30.3 Å². The number of amides is 1. The summed E-state index contributed by atoms with van der Waals surface area (Å²) in [6.07, 6.45) is -4.44.